The lowest BCUT2D eigenvalue weighted by Gasteiger charge is -2.24. The molecule has 1 heteroatoms. The Morgan fingerprint density at radius 3 is 1.61 bits per heavy atom. The maximum absolute atomic E-state index is 2.43. The van der Waals surface area contributed by atoms with Gasteiger partial charge in [0.2, 0.25) is 0 Å². The molecule has 0 aromatic heterocycles. The first-order chi connectivity index (χ1) is 18.8. The molecule has 6 aromatic rings. The molecule has 0 fully saturated rings. The van der Waals surface area contributed by atoms with Crippen LogP contribution < -0.4 is 15.9 Å². The number of aryl methyl sites for hydroxylation is 1. The lowest BCUT2D eigenvalue weighted by atomic mass is 9.93. The van der Waals surface area contributed by atoms with Gasteiger partial charge in [-0.25, -0.2) is 0 Å². The van der Waals surface area contributed by atoms with E-state index < -0.39 is 7.92 Å². The lowest BCUT2D eigenvalue weighted by Crippen LogP contribution is -2.23. The zero-order chi connectivity index (χ0) is 25.7. The van der Waals surface area contributed by atoms with Crippen LogP contribution in [0.25, 0.3) is 22.4 Å². The summed E-state index contributed by atoms with van der Waals surface area (Å²) in [6, 6.07) is 55.2. The Morgan fingerprint density at radius 1 is 0.526 bits per heavy atom. The summed E-state index contributed by atoms with van der Waals surface area (Å²) >= 11 is 0. The molecule has 0 aliphatic heterocycles. The first-order valence-corrected chi connectivity index (χ1v) is 14.4. The van der Waals surface area contributed by atoms with E-state index in [-0.39, 0.29) is 0 Å². The molecule has 0 amide bonds. The van der Waals surface area contributed by atoms with Crippen LogP contribution in [0.4, 0.5) is 0 Å². The van der Waals surface area contributed by atoms with Crippen LogP contribution in [0.3, 0.4) is 0 Å². The van der Waals surface area contributed by atoms with E-state index in [0.29, 0.717) is 0 Å². The van der Waals surface area contributed by atoms with Gasteiger partial charge in [0.1, 0.15) is 0 Å². The van der Waals surface area contributed by atoms with Gasteiger partial charge in [-0.2, -0.15) is 0 Å². The van der Waals surface area contributed by atoms with Gasteiger partial charge in [0.25, 0.3) is 0 Å². The summed E-state index contributed by atoms with van der Waals surface area (Å²) in [6.45, 7) is 2.14. The van der Waals surface area contributed by atoms with Crippen molar-refractivity contribution < 1.29 is 0 Å². The van der Waals surface area contributed by atoms with Crippen molar-refractivity contribution in [3.05, 3.63) is 174 Å². The molecule has 6 aromatic carbocycles. The Balaban J connectivity index is 1.68. The fourth-order valence-electron chi connectivity index (χ4n) is 4.97. The van der Waals surface area contributed by atoms with Gasteiger partial charge in [-0.1, -0.05) is 145 Å². The minimum absolute atomic E-state index is 0.783. The Hall–Kier alpha value is -4.25. The molecule has 0 aliphatic carbocycles. The summed E-state index contributed by atoms with van der Waals surface area (Å²) in [6.07, 6.45) is 2.35. The fraction of sp³-hybridized carbons (Fsp3) is 0.0270. The van der Waals surface area contributed by atoms with E-state index in [1.807, 2.05) is 0 Å². The van der Waals surface area contributed by atoms with E-state index in [1.54, 1.807) is 0 Å². The fourth-order valence-corrected chi connectivity index (χ4v) is 7.46. The van der Waals surface area contributed by atoms with Gasteiger partial charge in [-0.15, -0.1) is 0 Å². The van der Waals surface area contributed by atoms with Crippen LogP contribution in [0.15, 0.2) is 152 Å². The van der Waals surface area contributed by atoms with Gasteiger partial charge in [-0.3, -0.25) is 0 Å². The molecule has 0 unspecified atom stereocenters. The summed E-state index contributed by atoms with van der Waals surface area (Å²) in [4.78, 5) is 0. The molecule has 0 saturated carbocycles. The van der Waals surface area contributed by atoms with Crippen molar-refractivity contribution >= 4 is 46.3 Å². The smallest absolute Gasteiger partial charge is 0.00660 e. The summed E-state index contributed by atoms with van der Waals surface area (Å²) in [7, 11) is -0.783. The van der Waals surface area contributed by atoms with Crippen LogP contribution in [0.2, 0.25) is 0 Å². The second-order valence-electron chi connectivity index (χ2n) is 9.56. The topological polar surface area (TPSA) is 0 Å². The van der Waals surface area contributed by atoms with Crippen LogP contribution in [-0.4, -0.2) is 0 Å². The van der Waals surface area contributed by atoms with Crippen LogP contribution in [-0.2, 0) is 0 Å². The molecular weight excluding hydrogens is 475 g/mol. The van der Waals surface area contributed by atoms with Crippen molar-refractivity contribution in [2.24, 2.45) is 0 Å². The molecule has 0 radical (unpaired) electrons. The van der Waals surface area contributed by atoms with E-state index >= 15 is 0 Å². The van der Waals surface area contributed by atoms with Crippen molar-refractivity contribution in [1.82, 2.24) is 0 Å². The first kappa shape index (κ1) is 24.1. The van der Waals surface area contributed by atoms with Gasteiger partial charge in [0, 0.05) is 0 Å². The number of rotatable bonds is 6. The van der Waals surface area contributed by atoms with Crippen molar-refractivity contribution in [2.45, 2.75) is 6.92 Å². The van der Waals surface area contributed by atoms with E-state index in [4.69, 9.17) is 0 Å². The Labute approximate surface area is 226 Å². The molecule has 38 heavy (non-hydrogen) atoms. The molecule has 182 valence electrons. The second-order valence-corrected chi connectivity index (χ2v) is 11.7. The monoisotopic (exact) mass is 504 g/mol. The third kappa shape index (κ3) is 5.10. The van der Waals surface area contributed by atoms with Crippen LogP contribution >= 0.6 is 7.92 Å². The number of fused-ring (bicyclic) bond motifs is 1. The molecule has 0 bridgehead atoms. The predicted molar refractivity (Wildman–Crippen MR) is 167 cm³/mol. The molecule has 0 aliphatic rings. The largest absolute Gasteiger partial charge is 0.0622 e. The highest BCUT2D eigenvalue weighted by molar-refractivity contribution is 7.80. The quantitative estimate of drug-likeness (QED) is 0.158. The van der Waals surface area contributed by atoms with E-state index in [2.05, 4.69) is 165 Å². The minimum atomic E-state index is -0.783. The zero-order valence-corrected chi connectivity index (χ0v) is 22.4. The second kappa shape index (κ2) is 11.0. The molecule has 0 heterocycles. The summed E-state index contributed by atoms with van der Waals surface area (Å²) in [5, 5.41) is 6.61. The third-order valence-electron chi connectivity index (χ3n) is 6.90. The normalized spacial score (nSPS) is 11.7. The predicted octanol–water partition coefficient (Wildman–Crippen LogP) is 8.50. The van der Waals surface area contributed by atoms with Gasteiger partial charge >= 0.3 is 0 Å². The van der Waals surface area contributed by atoms with Crippen molar-refractivity contribution in [3.63, 3.8) is 0 Å². The van der Waals surface area contributed by atoms with E-state index in [1.165, 1.54) is 54.5 Å². The molecule has 0 atom stereocenters. The van der Waals surface area contributed by atoms with Gasteiger partial charge < -0.3 is 0 Å². The summed E-state index contributed by atoms with van der Waals surface area (Å²) in [5.74, 6) is 0. The molecule has 0 spiro atoms. The van der Waals surface area contributed by atoms with Gasteiger partial charge in [0.05, 0.1) is 0 Å². The highest BCUT2D eigenvalue weighted by atomic mass is 31.1. The van der Waals surface area contributed by atoms with E-state index in [0.717, 1.165) is 0 Å². The Kier molecular flexibility index (Phi) is 6.99. The van der Waals surface area contributed by atoms with E-state index in [9.17, 15) is 0 Å². The molecule has 0 N–H and O–H groups in total. The Morgan fingerprint density at radius 2 is 1.03 bits per heavy atom. The van der Waals surface area contributed by atoms with Crippen LogP contribution in [0, 0.1) is 6.92 Å². The maximum atomic E-state index is 2.43. The average Bonchev–Trinajstić information content (AvgIpc) is 2.98. The first-order valence-electron chi connectivity index (χ1n) is 13.0. The van der Waals surface area contributed by atoms with Gasteiger partial charge in [0.15, 0.2) is 0 Å². The third-order valence-corrected chi connectivity index (χ3v) is 9.38. The van der Waals surface area contributed by atoms with Crippen LogP contribution in [0.5, 0.6) is 0 Å². The number of hydrogen-bond donors (Lipinski definition) is 0. The average molecular weight is 505 g/mol. The highest BCUT2D eigenvalue weighted by Crippen LogP contribution is 2.39. The van der Waals surface area contributed by atoms with Crippen molar-refractivity contribution in [2.75, 3.05) is 0 Å². The zero-order valence-electron chi connectivity index (χ0n) is 21.5. The Bertz CT molecular complexity index is 1640. The highest BCUT2D eigenvalue weighted by Gasteiger charge is 2.22. The molecule has 0 saturated heterocycles. The molecular formula is C37H29P. The van der Waals surface area contributed by atoms with Crippen molar-refractivity contribution in [3.8, 4) is 0 Å². The standard InChI is InChI=1S/C37H29P/c1-28-21-23-29(24-22-28)25-35(30-13-5-2-6-14-30)36-26-31-15-11-12-16-32(31)27-37(36)38(33-17-7-3-8-18-33)34-19-9-4-10-20-34/h2-27H,1H3/b35-25-. The lowest BCUT2D eigenvalue weighted by molar-refractivity contribution is 1.46. The molecule has 6 rings (SSSR count). The maximum Gasteiger partial charge on any atom is -0.00660 e. The summed E-state index contributed by atoms with van der Waals surface area (Å²) < 4.78 is 0. The number of benzene rings is 6. The molecule has 0 nitrogen and oxygen atoms in total. The summed E-state index contributed by atoms with van der Waals surface area (Å²) in [5.41, 5.74) is 6.23. The number of hydrogen-bond acceptors (Lipinski definition) is 0. The minimum Gasteiger partial charge on any atom is -0.0622 e. The van der Waals surface area contributed by atoms with Crippen molar-refractivity contribution in [1.29, 1.82) is 0 Å². The van der Waals surface area contributed by atoms with Crippen LogP contribution in [0.1, 0.15) is 22.3 Å². The SMILES string of the molecule is Cc1ccc(/C=C(/c2ccccc2)c2cc3ccccc3cc2P(c2ccccc2)c2ccccc2)cc1. The van der Waals surface area contributed by atoms with Gasteiger partial charge in [-0.05, 0) is 82.0 Å².